The van der Waals surface area contributed by atoms with Crippen LogP contribution in [0.15, 0.2) is 18.3 Å². The fourth-order valence-corrected chi connectivity index (χ4v) is 1.35. The molecular formula is C13H22N2O3. The summed E-state index contributed by atoms with van der Waals surface area (Å²) >= 11 is 0. The van der Waals surface area contributed by atoms with Crippen LogP contribution in [0.5, 0.6) is 0 Å². The van der Waals surface area contributed by atoms with E-state index >= 15 is 0 Å². The number of anilines is 1. The fourth-order valence-electron chi connectivity index (χ4n) is 1.35. The van der Waals surface area contributed by atoms with Gasteiger partial charge in [-0.05, 0) is 18.6 Å². The second-order valence-corrected chi connectivity index (χ2v) is 3.74. The molecule has 1 aromatic rings. The highest BCUT2D eigenvalue weighted by molar-refractivity contribution is 5.34. The average molecular weight is 254 g/mol. The van der Waals surface area contributed by atoms with E-state index < -0.39 is 0 Å². The van der Waals surface area contributed by atoms with E-state index in [9.17, 15) is 0 Å². The maximum absolute atomic E-state index is 5.47. The van der Waals surface area contributed by atoms with Crippen molar-refractivity contribution in [3.05, 3.63) is 23.9 Å². The molecule has 0 aromatic carbocycles. The Hall–Kier alpha value is -1.17. The Balaban J connectivity index is 2.08. The largest absolute Gasteiger partial charge is 0.382 e. The lowest BCUT2D eigenvalue weighted by Crippen LogP contribution is -2.08. The van der Waals surface area contributed by atoms with Crippen LogP contribution in [0, 0.1) is 0 Å². The smallest absolute Gasteiger partial charge is 0.125 e. The Labute approximate surface area is 108 Å². The van der Waals surface area contributed by atoms with Gasteiger partial charge in [-0.1, -0.05) is 6.07 Å². The molecule has 5 heteroatoms. The summed E-state index contributed by atoms with van der Waals surface area (Å²) < 4.78 is 15.6. The van der Waals surface area contributed by atoms with Crippen molar-refractivity contribution in [1.29, 1.82) is 0 Å². The zero-order valence-electron chi connectivity index (χ0n) is 11.1. The van der Waals surface area contributed by atoms with E-state index in [2.05, 4.69) is 10.3 Å². The number of methoxy groups -OCH3 is 1. The first kappa shape index (κ1) is 14.9. The molecule has 102 valence electrons. The lowest BCUT2D eigenvalue weighted by molar-refractivity contribution is 0.0199. The molecule has 0 aliphatic heterocycles. The van der Waals surface area contributed by atoms with E-state index in [1.54, 1.807) is 7.11 Å². The zero-order valence-corrected chi connectivity index (χ0v) is 11.1. The summed E-state index contributed by atoms with van der Waals surface area (Å²) in [6, 6.07) is 3.97. The van der Waals surface area contributed by atoms with Crippen LogP contribution < -0.4 is 5.32 Å². The SMILES string of the molecule is CCNc1ccc(COCCOCCOC)cn1. The van der Waals surface area contributed by atoms with Crippen molar-refractivity contribution in [2.45, 2.75) is 13.5 Å². The molecule has 18 heavy (non-hydrogen) atoms. The number of hydrogen-bond acceptors (Lipinski definition) is 5. The van der Waals surface area contributed by atoms with Crippen LogP contribution in [0.25, 0.3) is 0 Å². The van der Waals surface area contributed by atoms with Crippen molar-refractivity contribution in [1.82, 2.24) is 4.98 Å². The molecule has 0 saturated carbocycles. The molecule has 0 aliphatic rings. The van der Waals surface area contributed by atoms with Gasteiger partial charge in [-0.2, -0.15) is 0 Å². The Morgan fingerprint density at radius 3 is 2.56 bits per heavy atom. The van der Waals surface area contributed by atoms with Crippen LogP contribution in [0.4, 0.5) is 5.82 Å². The molecule has 1 rings (SSSR count). The number of rotatable bonds is 10. The van der Waals surface area contributed by atoms with E-state index in [1.807, 2.05) is 25.3 Å². The first-order chi connectivity index (χ1) is 8.86. The Morgan fingerprint density at radius 1 is 1.11 bits per heavy atom. The van der Waals surface area contributed by atoms with Crippen molar-refractivity contribution >= 4 is 5.82 Å². The van der Waals surface area contributed by atoms with E-state index in [1.165, 1.54) is 0 Å². The summed E-state index contributed by atoms with van der Waals surface area (Å²) in [4.78, 5) is 4.27. The van der Waals surface area contributed by atoms with Crippen LogP contribution in [0.2, 0.25) is 0 Å². The number of aromatic nitrogens is 1. The van der Waals surface area contributed by atoms with Gasteiger partial charge in [0.25, 0.3) is 0 Å². The summed E-state index contributed by atoms with van der Waals surface area (Å²) in [7, 11) is 1.66. The van der Waals surface area contributed by atoms with Crippen LogP contribution in [-0.4, -0.2) is 45.1 Å². The molecule has 1 aromatic heterocycles. The van der Waals surface area contributed by atoms with Gasteiger partial charge in [0.15, 0.2) is 0 Å². The molecule has 1 heterocycles. The van der Waals surface area contributed by atoms with Crippen LogP contribution in [0.3, 0.4) is 0 Å². The summed E-state index contributed by atoms with van der Waals surface area (Å²) in [5.74, 6) is 0.893. The van der Waals surface area contributed by atoms with E-state index in [0.29, 0.717) is 33.0 Å². The summed E-state index contributed by atoms with van der Waals surface area (Å²) in [6.07, 6.45) is 1.82. The van der Waals surface area contributed by atoms with Crippen LogP contribution in [-0.2, 0) is 20.8 Å². The predicted molar refractivity (Wildman–Crippen MR) is 70.8 cm³/mol. The van der Waals surface area contributed by atoms with Gasteiger partial charge >= 0.3 is 0 Å². The monoisotopic (exact) mass is 254 g/mol. The molecule has 0 spiro atoms. The van der Waals surface area contributed by atoms with Crippen LogP contribution in [0.1, 0.15) is 12.5 Å². The summed E-state index contributed by atoms with van der Waals surface area (Å²) in [6.45, 7) is 5.89. The van der Waals surface area contributed by atoms with Gasteiger partial charge in [0.2, 0.25) is 0 Å². The van der Waals surface area contributed by atoms with Crippen molar-refractivity contribution in [2.75, 3.05) is 45.4 Å². The maximum Gasteiger partial charge on any atom is 0.125 e. The van der Waals surface area contributed by atoms with Crippen molar-refractivity contribution < 1.29 is 14.2 Å². The third-order valence-electron chi connectivity index (χ3n) is 2.26. The standard InChI is InChI=1S/C13H22N2O3/c1-3-14-13-5-4-12(10-15-13)11-18-9-8-17-7-6-16-2/h4-5,10H,3,6-9,11H2,1-2H3,(H,14,15). The van der Waals surface area contributed by atoms with Gasteiger partial charge in [0, 0.05) is 19.9 Å². The van der Waals surface area contributed by atoms with Gasteiger partial charge in [-0.3, -0.25) is 0 Å². The highest BCUT2D eigenvalue weighted by Crippen LogP contribution is 2.05. The molecular weight excluding hydrogens is 232 g/mol. The van der Waals surface area contributed by atoms with E-state index in [0.717, 1.165) is 17.9 Å². The molecule has 0 unspecified atom stereocenters. The van der Waals surface area contributed by atoms with Gasteiger partial charge in [-0.15, -0.1) is 0 Å². The molecule has 0 saturated heterocycles. The Bertz CT molecular complexity index is 304. The topological polar surface area (TPSA) is 52.6 Å². The number of pyridine rings is 1. The third-order valence-corrected chi connectivity index (χ3v) is 2.26. The Kier molecular flexibility index (Phi) is 8.12. The van der Waals surface area contributed by atoms with Gasteiger partial charge in [-0.25, -0.2) is 4.98 Å². The molecule has 0 atom stereocenters. The minimum absolute atomic E-state index is 0.563. The molecule has 0 radical (unpaired) electrons. The number of nitrogens with one attached hydrogen (secondary N) is 1. The quantitative estimate of drug-likeness (QED) is 0.644. The molecule has 5 nitrogen and oxygen atoms in total. The molecule has 0 amide bonds. The lowest BCUT2D eigenvalue weighted by Gasteiger charge is -2.06. The molecule has 0 fully saturated rings. The number of hydrogen-bond donors (Lipinski definition) is 1. The maximum atomic E-state index is 5.47. The van der Waals surface area contributed by atoms with Gasteiger partial charge in [0.05, 0.1) is 33.0 Å². The van der Waals surface area contributed by atoms with E-state index in [4.69, 9.17) is 14.2 Å². The molecule has 1 N–H and O–H groups in total. The third kappa shape index (κ3) is 6.54. The summed E-state index contributed by atoms with van der Waals surface area (Å²) in [5, 5.41) is 3.15. The number of ether oxygens (including phenoxy) is 3. The minimum Gasteiger partial charge on any atom is -0.382 e. The summed E-state index contributed by atoms with van der Waals surface area (Å²) in [5.41, 5.74) is 1.06. The van der Waals surface area contributed by atoms with Crippen molar-refractivity contribution in [3.8, 4) is 0 Å². The predicted octanol–water partition coefficient (Wildman–Crippen LogP) is 1.69. The lowest BCUT2D eigenvalue weighted by atomic mass is 10.3. The fraction of sp³-hybridized carbons (Fsp3) is 0.615. The zero-order chi connectivity index (χ0) is 13.1. The second-order valence-electron chi connectivity index (χ2n) is 3.74. The van der Waals surface area contributed by atoms with Crippen molar-refractivity contribution in [2.24, 2.45) is 0 Å². The molecule has 0 bridgehead atoms. The van der Waals surface area contributed by atoms with Gasteiger partial charge < -0.3 is 19.5 Å². The average Bonchev–Trinajstić information content (AvgIpc) is 2.40. The highest BCUT2D eigenvalue weighted by Gasteiger charge is 1.96. The number of nitrogens with zero attached hydrogens (tertiary/aromatic N) is 1. The molecule has 0 aliphatic carbocycles. The normalized spacial score (nSPS) is 10.6. The first-order valence-corrected chi connectivity index (χ1v) is 6.20. The van der Waals surface area contributed by atoms with E-state index in [-0.39, 0.29) is 0 Å². The van der Waals surface area contributed by atoms with Gasteiger partial charge in [0.1, 0.15) is 5.82 Å². The van der Waals surface area contributed by atoms with Crippen LogP contribution >= 0.6 is 0 Å². The second kappa shape index (κ2) is 9.82. The first-order valence-electron chi connectivity index (χ1n) is 6.20. The Morgan fingerprint density at radius 2 is 1.89 bits per heavy atom. The minimum atomic E-state index is 0.563. The van der Waals surface area contributed by atoms with Crippen molar-refractivity contribution in [3.63, 3.8) is 0 Å². The highest BCUT2D eigenvalue weighted by atomic mass is 16.5.